The van der Waals surface area contributed by atoms with Crippen LogP contribution >= 0.6 is 0 Å². The van der Waals surface area contributed by atoms with E-state index in [9.17, 15) is 14.7 Å². The summed E-state index contributed by atoms with van der Waals surface area (Å²) in [7, 11) is 0. The number of imidazole rings is 1. The fourth-order valence-corrected chi connectivity index (χ4v) is 2.50. The Labute approximate surface area is 138 Å². The van der Waals surface area contributed by atoms with Crippen LogP contribution in [0.25, 0.3) is 5.69 Å². The first-order valence-electron chi connectivity index (χ1n) is 7.47. The van der Waals surface area contributed by atoms with Crippen molar-refractivity contribution < 1.29 is 9.90 Å². The minimum absolute atomic E-state index is 0.250. The van der Waals surface area contributed by atoms with Crippen molar-refractivity contribution in [1.82, 2.24) is 9.55 Å². The predicted octanol–water partition coefficient (Wildman–Crippen LogP) is 2.15. The van der Waals surface area contributed by atoms with Crippen LogP contribution in [0.3, 0.4) is 0 Å². The molecule has 0 bridgehead atoms. The van der Waals surface area contributed by atoms with Gasteiger partial charge in [-0.15, -0.1) is 0 Å². The second-order valence-electron chi connectivity index (χ2n) is 5.42. The average molecular weight is 323 g/mol. The van der Waals surface area contributed by atoms with Crippen LogP contribution < -0.4 is 11.0 Å². The minimum atomic E-state index is -1.26. The van der Waals surface area contributed by atoms with Crippen LogP contribution in [0.4, 0.5) is 5.69 Å². The van der Waals surface area contributed by atoms with Gasteiger partial charge in [-0.1, -0.05) is 36.4 Å². The van der Waals surface area contributed by atoms with Crippen LogP contribution in [-0.2, 0) is 4.79 Å². The van der Waals surface area contributed by atoms with Gasteiger partial charge in [-0.2, -0.15) is 0 Å². The van der Waals surface area contributed by atoms with Crippen molar-refractivity contribution in [3.05, 3.63) is 82.5 Å². The third kappa shape index (κ3) is 3.13. The molecule has 3 N–H and O–H groups in total. The van der Waals surface area contributed by atoms with Gasteiger partial charge >= 0.3 is 5.69 Å². The van der Waals surface area contributed by atoms with Gasteiger partial charge in [-0.05, 0) is 30.7 Å². The quantitative estimate of drug-likeness (QED) is 0.687. The Morgan fingerprint density at radius 1 is 1.17 bits per heavy atom. The summed E-state index contributed by atoms with van der Waals surface area (Å²) in [6.45, 7) is 1.81. The van der Waals surface area contributed by atoms with E-state index in [0.29, 0.717) is 16.9 Å². The lowest BCUT2D eigenvalue weighted by Gasteiger charge is -2.13. The van der Waals surface area contributed by atoms with Crippen molar-refractivity contribution in [2.24, 2.45) is 0 Å². The highest BCUT2D eigenvalue weighted by Crippen LogP contribution is 2.18. The zero-order valence-corrected chi connectivity index (χ0v) is 13.1. The second-order valence-corrected chi connectivity index (χ2v) is 5.42. The molecule has 0 aliphatic rings. The smallest absolute Gasteiger partial charge is 0.330 e. The number of aliphatic hydroxyl groups is 1. The van der Waals surface area contributed by atoms with Crippen LogP contribution in [0.15, 0.2) is 65.6 Å². The summed E-state index contributed by atoms with van der Waals surface area (Å²) >= 11 is 0. The molecule has 1 aromatic heterocycles. The van der Waals surface area contributed by atoms with Crippen molar-refractivity contribution in [2.75, 3.05) is 5.32 Å². The monoisotopic (exact) mass is 323 g/mol. The van der Waals surface area contributed by atoms with E-state index in [-0.39, 0.29) is 5.69 Å². The summed E-state index contributed by atoms with van der Waals surface area (Å²) in [6.07, 6.45) is 0.360. The highest BCUT2D eigenvalue weighted by Gasteiger charge is 2.17. The molecule has 6 heteroatoms. The first-order chi connectivity index (χ1) is 11.6. The fraction of sp³-hybridized carbons (Fsp3) is 0.111. The summed E-state index contributed by atoms with van der Waals surface area (Å²) in [5, 5.41) is 12.8. The van der Waals surface area contributed by atoms with Crippen molar-refractivity contribution in [1.29, 1.82) is 0 Å². The van der Waals surface area contributed by atoms with Gasteiger partial charge in [0.1, 0.15) is 0 Å². The van der Waals surface area contributed by atoms with Crippen molar-refractivity contribution in [3.63, 3.8) is 0 Å². The molecule has 3 rings (SSSR count). The maximum atomic E-state index is 12.2. The van der Waals surface area contributed by atoms with Gasteiger partial charge in [0.2, 0.25) is 0 Å². The number of hydrogen-bond donors (Lipinski definition) is 3. The second kappa shape index (κ2) is 6.55. The lowest BCUT2D eigenvalue weighted by Crippen LogP contribution is -2.21. The number of carbonyl (C=O) groups excluding carboxylic acids is 1. The molecule has 0 saturated carbocycles. The maximum Gasteiger partial charge on any atom is 0.330 e. The topological polar surface area (TPSA) is 87.1 Å². The molecule has 122 valence electrons. The number of aromatic nitrogens is 2. The highest BCUT2D eigenvalue weighted by atomic mass is 16.3. The molecule has 6 nitrogen and oxygen atoms in total. The number of aromatic amines is 1. The number of amides is 1. The van der Waals surface area contributed by atoms with E-state index in [1.54, 1.807) is 54.7 Å². The summed E-state index contributed by atoms with van der Waals surface area (Å²) in [4.78, 5) is 26.7. The molecule has 0 radical (unpaired) electrons. The molecule has 0 spiro atoms. The van der Waals surface area contributed by atoms with Crippen LogP contribution in [-0.4, -0.2) is 20.6 Å². The number of nitrogens with zero attached hydrogens (tertiary/aromatic N) is 1. The third-order valence-corrected chi connectivity index (χ3v) is 3.70. The Balaban J connectivity index is 1.83. The summed E-state index contributed by atoms with van der Waals surface area (Å²) in [5.74, 6) is -0.531. The molecule has 0 aliphatic heterocycles. The Bertz CT molecular complexity index is 913. The van der Waals surface area contributed by atoms with Crippen LogP contribution in [0, 0.1) is 6.92 Å². The Morgan fingerprint density at radius 3 is 2.58 bits per heavy atom. The van der Waals surface area contributed by atoms with E-state index in [2.05, 4.69) is 10.3 Å². The molecule has 1 unspecified atom stereocenters. The van der Waals surface area contributed by atoms with Gasteiger partial charge in [0.15, 0.2) is 6.10 Å². The molecule has 1 heterocycles. The molecular weight excluding hydrogens is 306 g/mol. The Kier molecular flexibility index (Phi) is 4.31. The molecule has 1 atom stereocenters. The van der Waals surface area contributed by atoms with Crippen LogP contribution in [0.2, 0.25) is 0 Å². The molecule has 24 heavy (non-hydrogen) atoms. The van der Waals surface area contributed by atoms with E-state index >= 15 is 0 Å². The third-order valence-electron chi connectivity index (χ3n) is 3.70. The van der Waals surface area contributed by atoms with E-state index in [0.717, 1.165) is 5.69 Å². The molecule has 0 aliphatic carbocycles. The number of rotatable bonds is 4. The zero-order chi connectivity index (χ0) is 17.1. The van der Waals surface area contributed by atoms with E-state index in [1.807, 2.05) is 13.0 Å². The minimum Gasteiger partial charge on any atom is -0.378 e. The number of benzene rings is 2. The molecule has 2 aromatic carbocycles. The fourth-order valence-electron chi connectivity index (χ4n) is 2.50. The summed E-state index contributed by atoms with van der Waals surface area (Å²) < 4.78 is 1.50. The van der Waals surface area contributed by atoms with Crippen molar-refractivity contribution in [2.45, 2.75) is 13.0 Å². The maximum absolute atomic E-state index is 12.2. The lowest BCUT2D eigenvalue weighted by molar-refractivity contribution is -0.124. The normalized spacial score (nSPS) is 11.9. The van der Waals surface area contributed by atoms with Gasteiger partial charge in [0, 0.05) is 17.6 Å². The van der Waals surface area contributed by atoms with E-state index < -0.39 is 12.0 Å². The molecular formula is C18H17N3O3. The SMILES string of the molecule is Cc1c[nH]c(=O)n1-c1cccc(NC(=O)C(O)c2ccccc2)c1. The Morgan fingerprint density at radius 2 is 1.92 bits per heavy atom. The molecule has 0 fully saturated rings. The van der Waals surface area contributed by atoms with Crippen molar-refractivity contribution in [3.8, 4) is 5.69 Å². The number of aliphatic hydroxyl groups excluding tert-OH is 1. The predicted molar refractivity (Wildman–Crippen MR) is 91.2 cm³/mol. The summed E-state index contributed by atoms with van der Waals surface area (Å²) in [6, 6.07) is 15.6. The standard InChI is InChI=1S/C18H17N3O3/c1-12-11-19-18(24)21(12)15-9-5-8-14(10-15)20-17(23)16(22)13-6-3-2-4-7-13/h2-11,16,22H,1H3,(H,19,24)(H,20,23). The Hall–Kier alpha value is -3.12. The first-order valence-corrected chi connectivity index (χ1v) is 7.47. The van der Waals surface area contributed by atoms with Gasteiger partial charge < -0.3 is 15.4 Å². The molecule has 0 saturated heterocycles. The number of aryl methyl sites for hydroxylation is 1. The molecule has 3 aromatic rings. The van der Waals surface area contributed by atoms with E-state index in [4.69, 9.17) is 0 Å². The number of nitrogens with one attached hydrogen (secondary N) is 2. The number of hydrogen-bond acceptors (Lipinski definition) is 3. The lowest BCUT2D eigenvalue weighted by atomic mass is 10.1. The van der Waals surface area contributed by atoms with Gasteiger partial charge in [-0.3, -0.25) is 9.36 Å². The summed E-state index contributed by atoms with van der Waals surface area (Å²) in [5.41, 5.74) is 2.16. The van der Waals surface area contributed by atoms with Gasteiger partial charge in [-0.25, -0.2) is 4.79 Å². The first kappa shape index (κ1) is 15.8. The van der Waals surface area contributed by atoms with Crippen LogP contribution in [0.5, 0.6) is 0 Å². The largest absolute Gasteiger partial charge is 0.378 e. The number of anilines is 1. The average Bonchev–Trinajstić information content (AvgIpc) is 2.94. The zero-order valence-electron chi connectivity index (χ0n) is 13.1. The van der Waals surface area contributed by atoms with Gasteiger partial charge in [0.25, 0.3) is 5.91 Å². The molecule has 1 amide bonds. The van der Waals surface area contributed by atoms with E-state index in [1.165, 1.54) is 4.57 Å². The van der Waals surface area contributed by atoms with Gasteiger partial charge in [0.05, 0.1) is 5.69 Å². The van der Waals surface area contributed by atoms with Crippen LogP contribution in [0.1, 0.15) is 17.4 Å². The number of H-pyrrole nitrogens is 1. The van der Waals surface area contributed by atoms with Crippen molar-refractivity contribution >= 4 is 11.6 Å². The highest BCUT2D eigenvalue weighted by molar-refractivity contribution is 5.94. The number of carbonyl (C=O) groups is 1.